The molecule has 4 aromatic rings. The second-order valence-corrected chi connectivity index (χ2v) is 13.0. The van der Waals surface area contributed by atoms with E-state index in [4.69, 9.17) is 28.4 Å². The number of hydrogen-bond donors (Lipinski definition) is 0. The van der Waals surface area contributed by atoms with Crippen molar-refractivity contribution in [1.82, 2.24) is 9.13 Å². The van der Waals surface area contributed by atoms with Crippen molar-refractivity contribution in [1.29, 1.82) is 0 Å². The summed E-state index contributed by atoms with van der Waals surface area (Å²) in [5.41, 5.74) is 0.839. The van der Waals surface area contributed by atoms with Crippen molar-refractivity contribution in [2.45, 2.75) is 56.7 Å². The van der Waals surface area contributed by atoms with Crippen LogP contribution < -0.4 is 39.4 Å². The second-order valence-electron chi connectivity index (χ2n) is 13.0. The van der Waals surface area contributed by atoms with Gasteiger partial charge in [-0.3, -0.25) is 9.59 Å². The molecular formula is C34H38N2O8. The van der Waals surface area contributed by atoms with Crippen LogP contribution in [-0.4, -0.2) is 48.8 Å². The quantitative estimate of drug-likeness (QED) is 0.321. The van der Waals surface area contributed by atoms with Gasteiger partial charge in [-0.25, -0.2) is 0 Å². The molecule has 0 amide bonds. The molecule has 2 aliphatic heterocycles. The molecule has 1 saturated carbocycles. The Morgan fingerprint density at radius 3 is 1.84 bits per heavy atom. The van der Waals surface area contributed by atoms with Crippen LogP contribution in [-0.2, 0) is 14.1 Å². The first-order valence-corrected chi connectivity index (χ1v) is 14.8. The number of aryl methyl sites for hydroxylation is 2. The molecule has 44 heavy (non-hydrogen) atoms. The van der Waals surface area contributed by atoms with Crippen molar-refractivity contribution >= 4 is 21.8 Å². The third-order valence-corrected chi connectivity index (χ3v) is 10.2. The van der Waals surface area contributed by atoms with Crippen LogP contribution in [0.25, 0.3) is 21.8 Å². The fourth-order valence-corrected chi connectivity index (χ4v) is 8.52. The van der Waals surface area contributed by atoms with E-state index in [2.05, 4.69) is 20.8 Å². The van der Waals surface area contributed by atoms with Gasteiger partial charge in [-0.15, -0.1) is 0 Å². The van der Waals surface area contributed by atoms with E-state index in [1.54, 1.807) is 52.2 Å². The Balaban J connectivity index is 1.51. The third kappa shape index (κ3) is 3.53. The molecule has 232 valence electrons. The number of aromatic nitrogens is 2. The molecule has 1 fully saturated rings. The summed E-state index contributed by atoms with van der Waals surface area (Å²) < 4.78 is 39.8. The standard InChI is InChI=1S/C34H38N2O8/c1-33(2)24-18(22-27(37)16-10-12-20(39-6)29(41-8)25(16)36(5)32(22)44-33)14-34(3)15-19(24)23-28(43-34)17-11-13-21(40-7)30(42-9)26(17)35(4)31(23)38/h10-13,18-19,24H,14-15H2,1-9H3/t18-,19-,24+,34-/m0/s1. The van der Waals surface area contributed by atoms with E-state index in [-0.39, 0.29) is 28.7 Å². The van der Waals surface area contributed by atoms with E-state index in [9.17, 15) is 9.59 Å². The molecule has 3 aliphatic rings. The van der Waals surface area contributed by atoms with Crippen molar-refractivity contribution in [3.05, 3.63) is 56.0 Å². The third-order valence-electron chi connectivity index (χ3n) is 10.2. The van der Waals surface area contributed by atoms with E-state index in [0.29, 0.717) is 75.0 Å². The van der Waals surface area contributed by atoms with Crippen molar-refractivity contribution in [2.75, 3.05) is 28.4 Å². The summed E-state index contributed by atoms with van der Waals surface area (Å²) in [6, 6.07) is 7.31. The first kappa shape index (κ1) is 28.4. The van der Waals surface area contributed by atoms with Crippen molar-refractivity contribution < 1.29 is 28.4 Å². The summed E-state index contributed by atoms with van der Waals surface area (Å²) in [7, 11) is 9.92. The normalized spacial score (nSPS) is 24.4. The van der Waals surface area contributed by atoms with Crippen LogP contribution in [0.4, 0.5) is 0 Å². The van der Waals surface area contributed by atoms with Gasteiger partial charge < -0.3 is 37.6 Å². The van der Waals surface area contributed by atoms with E-state index in [1.807, 2.05) is 23.7 Å². The highest BCUT2D eigenvalue weighted by molar-refractivity contribution is 5.94. The molecule has 0 unspecified atom stereocenters. The maximum Gasteiger partial charge on any atom is 0.258 e. The van der Waals surface area contributed by atoms with E-state index < -0.39 is 11.2 Å². The molecule has 0 N–H and O–H groups in total. The average molecular weight is 603 g/mol. The minimum Gasteiger partial charge on any atom is -0.493 e. The lowest BCUT2D eigenvalue weighted by Gasteiger charge is -2.57. The van der Waals surface area contributed by atoms with E-state index in [1.165, 1.54) is 0 Å². The van der Waals surface area contributed by atoms with Gasteiger partial charge >= 0.3 is 0 Å². The van der Waals surface area contributed by atoms with Gasteiger partial charge in [0, 0.05) is 37.2 Å². The van der Waals surface area contributed by atoms with E-state index >= 15 is 0 Å². The zero-order valence-electron chi connectivity index (χ0n) is 26.6. The molecule has 0 saturated heterocycles. The van der Waals surface area contributed by atoms with Crippen LogP contribution in [0.3, 0.4) is 0 Å². The van der Waals surface area contributed by atoms with Crippen molar-refractivity contribution in [3.8, 4) is 34.6 Å². The monoisotopic (exact) mass is 602 g/mol. The Labute approximate surface area is 255 Å². The minimum atomic E-state index is -0.722. The molecule has 0 radical (unpaired) electrons. The van der Waals surface area contributed by atoms with Gasteiger partial charge in [0.05, 0.1) is 45.0 Å². The summed E-state index contributed by atoms with van der Waals surface area (Å²) in [6.07, 6.45) is 1.22. The predicted octanol–water partition coefficient (Wildman–Crippen LogP) is 5.02. The molecule has 1 aliphatic carbocycles. The van der Waals surface area contributed by atoms with Crippen LogP contribution in [0.1, 0.15) is 56.6 Å². The Bertz CT molecular complexity index is 1980. The predicted molar refractivity (Wildman–Crippen MR) is 167 cm³/mol. The molecule has 4 heterocycles. The topological polar surface area (TPSA) is 99.4 Å². The molecule has 2 aromatic carbocycles. The molecule has 0 spiro atoms. The summed E-state index contributed by atoms with van der Waals surface area (Å²) in [4.78, 5) is 28.7. The van der Waals surface area contributed by atoms with Crippen LogP contribution in [0.5, 0.6) is 34.6 Å². The molecule has 2 bridgehead atoms. The Hall–Kier alpha value is -4.34. The number of rotatable bonds is 4. The first-order chi connectivity index (χ1) is 20.9. The fraction of sp³-hybridized carbons (Fsp3) is 0.471. The highest BCUT2D eigenvalue weighted by atomic mass is 16.5. The highest BCUT2D eigenvalue weighted by Crippen LogP contribution is 2.62. The Morgan fingerprint density at radius 1 is 0.727 bits per heavy atom. The number of hydrogen-bond acceptors (Lipinski definition) is 8. The van der Waals surface area contributed by atoms with Crippen molar-refractivity contribution in [2.24, 2.45) is 20.0 Å². The Morgan fingerprint density at radius 2 is 1.27 bits per heavy atom. The highest BCUT2D eigenvalue weighted by Gasteiger charge is 2.59. The molecular weight excluding hydrogens is 564 g/mol. The molecule has 4 atom stereocenters. The number of benzene rings is 2. The van der Waals surface area contributed by atoms with Gasteiger partial charge in [-0.05, 0) is 57.9 Å². The molecule has 10 nitrogen and oxygen atoms in total. The smallest absolute Gasteiger partial charge is 0.258 e. The summed E-state index contributed by atoms with van der Waals surface area (Å²) in [5.74, 6) is 2.51. The summed E-state index contributed by atoms with van der Waals surface area (Å²) in [5, 5.41) is 1.31. The minimum absolute atomic E-state index is 0.105. The maximum absolute atomic E-state index is 14.4. The lowest BCUT2D eigenvalue weighted by Crippen LogP contribution is -2.58. The zero-order valence-corrected chi connectivity index (χ0v) is 26.6. The molecule has 10 heteroatoms. The van der Waals surface area contributed by atoms with Crippen LogP contribution in [0, 0.1) is 5.92 Å². The first-order valence-electron chi connectivity index (χ1n) is 14.8. The van der Waals surface area contributed by atoms with Gasteiger partial charge in [0.25, 0.3) is 5.56 Å². The second kappa shape index (κ2) is 9.33. The largest absolute Gasteiger partial charge is 0.493 e. The number of pyridine rings is 2. The lowest BCUT2D eigenvalue weighted by atomic mass is 9.56. The number of ether oxygens (including phenoxy) is 6. The van der Waals surface area contributed by atoms with Crippen molar-refractivity contribution in [3.63, 3.8) is 0 Å². The summed E-state index contributed by atoms with van der Waals surface area (Å²) >= 11 is 0. The molecule has 2 aromatic heterocycles. The number of nitrogens with zero attached hydrogens (tertiary/aromatic N) is 2. The Kier molecular flexibility index (Phi) is 6.03. The van der Waals surface area contributed by atoms with Gasteiger partial charge in [0.15, 0.2) is 28.4 Å². The average Bonchev–Trinajstić information content (AvgIpc) is 2.99. The van der Waals surface area contributed by atoms with Gasteiger partial charge in [-0.1, -0.05) is 0 Å². The fourth-order valence-electron chi connectivity index (χ4n) is 8.52. The van der Waals surface area contributed by atoms with Crippen LogP contribution >= 0.6 is 0 Å². The lowest BCUT2D eigenvalue weighted by molar-refractivity contribution is -0.0833. The zero-order chi connectivity index (χ0) is 31.5. The SMILES string of the molecule is COc1ccc2c(=O)c3c(n(C)c2c1OC)OC(C)(C)[C@@H]1[C@H]3C[C@@]2(C)C[C@H]1c1c(c3ccc(OC)c(OC)c3n(C)c1=O)O2. The number of fused-ring (bicyclic) bond motifs is 11. The van der Waals surface area contributed by atoms with E-state index in [0.717, 1.165) is 5.39 Å². The van der Waals surface area contributed by atoms with Crippen LogP contribution in [0.2, 0.25) is 0 Å². The molecule has 7 rings (SSSR count). The van der Waals surface area contributed by atoms with Gasteiger partial charge in [0.1, 0.15) is 28.0 Å². The maximum atomic E-state index is 14.4. The van der Waals surface area contributed by atoms with Crippen LogP contribution in [0.15, 0.2) is 33.9 Å². The number of methoxy groups -OCH3 is 4. The van der Waals surface area contributed by atoms with Gasteiger partial charge in [-0.2, -0.15) is 0 Å². The summed E-state index contributed by atoms with van der Waals surface area (Å²) in [6.45, 7) is 6.20. The van der Waals surface area contributed by atoms with Gasteiger partial charge in [0.2, 0.25) is 5.88 Å².